The number of hydrogen-bond acceptors (Lipinski definition) is 3. The highest BCUT2D eigenvalue weighted by Gasteiger charge is 2.17. The Labute approximate surface area is 83.0 Å². The zero-order valence-corrected chi connectivity index (χ0v) is 8.54. The smallest absolute Gasteiger partial charge is 0.373 e. The Kier molecular flexibility index (Phi) is 3.68. The van der Waals surface area contributed by atoms with Crippen LogP contribution in [-0.4, -0.2) is 16.1 Å². The molecule has 0 unspecified atom stereocenters. The summed E-state index contributed by atoms with van der Waals surface area (Å²) in [6.45, 7) is 3.99. The minimum Gasteiger partial charge on any atom is -0.475 e. The van der Waals surface area contributed by atoms with Crippen LogP contribution >= 0.6 is 0 Å². The number of hydrogen-bond donors (Lipinski definition) is 1. The molecular formula is C10H15NO3. The van der Waals surface area contributed by atoms with Crippen molar-refractivity contribution in [2.75, 3.05) is 0 Å². The van der Waals surface area contributed by atoms with Crippen molar-refractivity contribution in [2.24, 2.45) is 0 Å². The van der Waals surface area contributed by atoms with Gasteiger partial charge in [0.05, 0.1) is 5.69 Å². The van der Waals surface area contributed by atoms with E-state index in [-0.39, 0.29) is 5.76 Å². The number of nitrogens with zero attached hydrogens (tertiary/aromatic N) is 1. The van der Waals surface area contributed by atoms with Crippen molar-refractivity contribution in [3.05, 3.63) is 17.3 Å². The third-order valence-corrected chi connectivity index (χ3v) is 1.89. The number of aromatic carboxylic acids is 1. The van der Waals surface area contributed by atoms with Crippen LogP contribution in [0.15, 0.2) is 4.42 Å². The van der Waals surface area contributed by atoms with Gasteiger partial charge in [-0.2, -0.15) is 0 Å². The van der Waals surface area contributed by atoms with E-state index in [4.69, 9.17) is 9.52 Å². The quantitative estimate of drug-likeness (QED) is 0.786. The van der Waals surface area contributed by atoms with Gasteiger partial charge in [-0.05, 0) is 12.8 Å². The lowest BCUT2D eigenvalue weighted by Crippen LogP contribution is -1.99. The average Bonchev–Trinajstić information content (AvgIpc) is 2.49. The molecule has 0 amide bonds. The molecule has 0 fully saturated rings. The molecule has 0 atom stereocenters. The highest BCUT2D eigenvalue weighted by Crippen LogP contribution is 2.14. The fraction of sp³-hybridized carbons (Fsp3) is 0.600. The first-order valence-corrected chi connectivity index (χ1v) is 4.90. The molecule has 14 heavy (non-hydrogen) atoms. The van der Waals surface area contributed by atoms with Crippen LogP contribution in [-0.2, 0) is 12.8 Å². The largest absolute Gasteiger partial charge is 0.475 e. The Balaban J connectivity index is 2.93. The first-order valence-electron chi connectivity index (χ1n) is 4.90. The van der Waals surface area contributed by atoms with Crippen molar-refractivity contribution in [1.82, 2.24) is 4.98 Å². The van der Waals surface area contributed by atoms with Crippen LogP contribution in [0, 0.1) is 0 Å². The van der Waals surface area contributed by atoms with Crippen molar-refractivity contribution >= 4 is 5.97 Å². The van der Waals surface area contributed by atoms with Crippen LogP contribution in [0.25, 0.3) is 0 Å². The van der Waals surface area contributed by atoms with Gasteiger partial charge in [-0.1, -0.05) is 20.3 Å². The summed E-state index contributed by atoms with van der Waals surface area (Å²) in [5.41, 5.74) is 0.573. The molecule has 0 saturated heterocycles. The lowest BCUT2D eigenvalue weighted by molar-refractivity contribution is 0.0658. The third kappa shape index (κ3) is 2.34. The molecule has 0 saturated carbocycles. The first kappa shape index (κ1) is 10.8. The third-order valence-electron chi connectivity index (χ3n) is 1.89. The molecule has 0 aliphatic carbocycles. The molecule has 0 aliphatic heterocycles. The maximum Gasteiger partial charge on any atom is 0.373 e. The minimum atomic E-state index is -1.02. The molecule has 1 heterocycles. The molecule has 1 rings (SSSR count). The summed E-state index contributed by atoms with van der Waals surface area (Å²) >= 11 is 0. The molecule has 0 aliphatic rings. The number of carboxylic acid groups (broad SMARTS) is 1. The summed E-state index contributed by atoms with van der Waals surface area (Å²) in [4.78, 5) is 14.9. The normalized spacial score (nSPS) is 10.4. The van der Waals surface area contributed by atoms with Crippen LogP contribution in [0.1, 0.15) is 48.8 Å². The second kappa shape index (κ2) is 4.79. The van der Waals surface area contributed by atoms with E-state index >= 15 is 0 Å². The standard InChI is InChI=1S/C10H15NO3/c1-3-5-7-9(10(12)13)14-8(11-7)6-4-2/h3-6H2,1-2H3,(H,12,13). The topological polar surface area (TPSA) is 63.3 Å². The molecule has 0 spiro atoms. The molecule has 1 aromatic heterocycles. The van der Waals surface area contributed by atoms with Crippen molar-refractivity contribution < 1.29 is 14.3 Å². The van der Waals surface area contributed by atoms with Gasteiger partial charge in [0.2, 0.25) is 5.76 Å². The average molecular weight is 197 g/mol. The van der Waals surface area contributed by atoms with E-state index in [0.717, 1.165) is 12.8 Å². The van der Waals surface area contributed by atoms with E-state index in [1.165, 1.54) is 0 Å². The lowest BCUT2D eigenvalue weighted by Gasteiger charge is -1.91. The highest BCUT2D eigenvalue weighted by atomic mass is 16.4. The van der Waals surface area contributed by atoms with Gasteiger partial charge in [0, 0.05) is 6.42 Å². The van der Waals surface area contributed by atoms with Gasteiger partial charge in [-0.25, -0.2) is 9.78 Å². The van der Waals surface area contributed by atoms with Crippen LogP contribution in [0.3, 0.4) is 0 Å². The molecule has 0 radical (unpaired) electrons. The molecule has 78 valence electrons. The number of aromatic nitrogens is 1. The molecule has 1 aromatic rings. The number of carboxylic acids is 1. The van der Waals surface area contributed by atoms with E-state index < -0.39 is 5.97 Å². The SMILES string of the molecule is CCCc1nc(CCC)c(C(=O)O)o1. The summed E-state index contributed by atoms with van der Waals surface area (Å²) in [5, 5.41) is 8.84. The van der Waals surface area contributed by atoms with Gasteiger partial charge >= 0.3 is 5.97 Å². The molecule has 0 bridgehead atoms. The molecule has 0 aromatic carbocycles. The van der Waals surface area contributed by atoms with E-state index in [2.05, 4.69) is 4.98 Å². The first-order chi connectivity index (χ1) is 6.69. The summed E-state index contributed by atoms with van der Waals surface area (Å²) < 4.78 is 5.16. The van der Waals surface area contributed by atoms with Crippen molar-refractivity contribution in [3.63, 3.8) is 0 Å². The fourth-order valence-corrected chi connectivity index (χ4v) is 1.29. The number of carbonyl (C=O) groups is 1. The Hall–Kier alpha value is -1.32. The molecule has 4 nitrogen and oxygen atoms in total. The van der Waals surface area contributed by atoms with Gasteiger partial charge in [0.1, 0.15) is 0 Å². The fourth-order valence-electron chi connectivity index (χ4n) is 1.29. The summed E-state index contributed by atoms with van der Waals surface area (Å²) in [6, 6.07) is 0. The van der Waals surface area contributed by atoms with Crippen LogP contribution in [0.4, 0.5) is 0 Å². The van der Waals surface area contributed by atoms with Gasteiger partial charge in [0.15, 0.2) is 5.89 Å². The van der Waals surface area contributed by atoms with Gasteiger partial charge in [-0.3, -0.25) is 0 Å². The Morgan fingerprint density at radius 2 is 2.00 bits per heavy atom. The zero-order valence-electron chi connectivity index (χ0n) is 8.54. The summed E-state index contributed by atoms with van der Waals surface area (Å²) in [6.07, 6.45) is 3.14. The lowest BCUT2D eigenvalue weighted by atomic mass is 10.2. The maximum atomic E-state index is 10.8. The molecule has 4 heteroatoms. The van der Waals surface area contributed by atoms with E-state index in [1.54, 1.807) is 0 Å². The van der Waals surface area contributed by atoms with Crippen LogP contribution in [0.5, 0.6) is 0 Å². The van der Waals surface area contributed by atoms with Crippen LogP contribution < -0.4 is 0 Å². The van der Waals surface area contributed by atoms with Crippen LogP contribution in [0.2, 0.25) is 0 Å². The Bertz CT molecular complexity index is 317. The maximum absolute atomic E-state index is 10.8. The zero-order chi connectivity index (χ0) is 10.6. The Morgan fingerprint density at radius 1 is 1.36 bits per heavy atom. The second-order valence-electron chi connectivity index (χ2n) is 3.19. The second-order valence-corrected chi connectivity index (χ2v) is 3.19. The summed E-state index contributed by atoms with van der Waals surface area (Å²) in [7, 11) is 0. The van der Waals surface area contributed by atoms with Gasteiger partial charge < -0.3 is 9.52 Å². The predicted molar refractivity (Wildman–Crippen MR) is 51.5 cm³/mol. The Morgan fingerprint density at radius 3 is 2.50 bits per heavy atom. The predicted octanol–water partition coefficient (Wildman–Crippen LogP) is 2.28. The van der Waals surface area contributed by atoms with E-state index in [9.17, 15) is 4.79 Å². The highest BCUT2D eigenvalue weighted by molar-refractivity contribution is 5.85. The van der Waals surface area contributed by atoms with Crippen molar-refractivity contribution in [3.8, 4) is 0 Å². The van der Waals surface area contributed by atoms with Gasteiger partial charge in [-0.15, -0.1) is 0 Å². The monoisotopic (exact) mass is 197 g/mol. The minimum absolute atomic E-state index is 0.00954. The van der Waals surface area contributed by atoms with E-state index in [0.29, 0.717) is 24.4 Å². The van der Waals surface area contributed by atoms with Gasteiger partial charge in [0.25, 0.3) is 0 Å². The van der Waals surface area contributed by atoms with Crippen molar-refractivity contribution in [2.45, 2.75) is 39.5 Å². The number of rotatable bonds is 5. The molecule has 1 N–H and O–H groups in total. The summed E-state index contributed by atoms with van der Waals surface area (Å²) in [5.74, 6) is -0.480. The number of oxazole rings is 1. The van der Waals surface area contributed by atoms with Crippen molar-refractivity contribution in [1.29, 1.82) is 0 Å². The number of aryl methyl sites for hydroxylation is 2. The van der Waals surface area contributed by atoms with E-state index in [1.807, 2.05) is 13.8 Å². The molecular weight excluding hydrogens is 182 g/mol.